The number of amides is 2. The number of halogens is 1. The molecule has 0 radical (unpaired) electrons. The molecule has 0 heterocycles. The first-order valence-corrected chi connectivity index (χ1v) is 7.54. The lowest BCUT2D eigenvalue weighted by Crippen LogP contribution is -2.43. The van der Waals surface area contributed by atoms with Crippen LogP contribution >= 0.6 is 11.6 Å². The molecule has 1 N–H and O–H groups in total. The number of para-hydroxylation sites is 1. The zero-order chi connectivity index (χ0) is 16.0. The van der Waals surface area contributed by atoms with Gasteiger partial charge in [-0.1, -0.05) is 25.1 Å². The maximum atomic E-state index is 12.2. The predicted octanol–water partition coefficient (Wildman–Crippen LogP) is 2.91. The fourth-order valence-corrected chi connectivity index (χ4v) is 2.12. The summed E-state index contributed by atoms with van der Waals surface area (Å²) >= 11 is 5.79. The normalized spacial score (nSPS) is 11.1. The van der Waals surface area contributed by atoms with Crippen LogP contribution in [0.4, 0.5) is 5.69 Å². The van der Waals surface area contributed by atoms with Crippen LogP contribution in [-0.2, 0) is 16.0 Å². The van der Waals surface area contributed by atoms with Gasteiger partial charge in [-0.3, -0.25) is 9.59 Å². The lowest BCUT2D eigenvalue weighted by molar-refractivity contribution is -0.140. The summed E-state index contributed by atoms with van der Waals surface area (Å²) < 4.78 is 0. The first kappa shape index (κ1) is 17.5. The van der Waals surface area contributed by atoms with Crippen LogP contribution in [0.15, 0.2) is 24.3 Å². The molecular formula is C16H23ClN2O2. The number of hydrogen-bond donors (Lipinski definition) is 1. The van der Waals surface area contributed by atoms with Crippen molar-refractivity contribution in [3.05, 3.63) is 29.8 Å². The number of likely N-dealkylation sites (N-methyl/N-ethyl adjacent to an activating group) is 1. The van der Waals surface area contributed by atoms with E-state index < -0.39 is 5.41 Å². The van der Waals surface area contributed by atoms with Crippen LogP contribution in [0.1, 0.15) is 26.3 Å². The minimum Gasteiger partial charge on any atom is -0.336 e. The quantitative estimate of drug-likeness (QED) is 0.821. The Hall–Kier alpha value is -1.55. The largest absolute Gasteiger partial charge is 0.336 e. The van der Waals surface area contributed by atoms with Crippen LogP contribution < -0.4 is 5.32 Å². The zero-order valence-electron chi connectivity index (χ0n) is 13.1. The number of rotatable bonds is 6. The van der Waals surface area contributed by atoms with Gasteiger partial charge in [0.25, 0.3) is 0 Å². The lowest BCUT2D eigenvalue weighted by atomic mass is 9.94. The predicted molar refractivity (Wildman–Crippen MR) is 86.6 cm³/mol. The highest BCUT2D eigenvalue weighted by molar-refractivity contribution is 6.19. The Morgan fingerprint density at radius 1 is 1.29 bits per heavy atom. The fraction of sp³-hybridized carbons (Fsp3) is 0.500. The molecule has 0 unspecified atom stereocenters. The summed E-state index contributed by atoms with van der Waals surface area (Å²) in [6.07, 6.45) is 0.838. The van der Waals surface area contributed by atoms with Crippen LogP contribution in [-0.4, -0.2) is 36.2 Å². The maximum Gasteiger partial charge on any atom is 0.243 e. The topological polar surface area (TPSA) is 49.4 Å². The van der Waals surface area contributed by atoms with Crippen molar-refractivity contribution in [1.29, 1.82) is 0 Å². The lowest BCUT2D eigenvalue weighted by Gasteiger charge is -2.27. The van der Waals surface area contributed by atoms with Crippen LogP contribution in [0.25, 0.3) is 0 Å². The van der Waals surface area contributed by atoms with Crippen molar-refractivity contribution in [2.75, 3.05) is 24.8 Å². The minimum absolute atomic E-state index is 0.0111. The molecule has 0 saturated heterocycles. The van der Waals surface area contributed by atoms with Gasteiger partial charge in [-0.2, -0.15) is 0 Å². The summed E-state index contributed by atoms with van der Waals surface area (Å²) in [5, 5.41) is 2.85. The Kier molecular flexibility index (Phi) is 6.21. The number of anilines is 1. The van der Waals surface area contributed by atoms with Gasteiger partial charge in [-0.25, -0.2) is 0 Å². The van der Waals surface area contributed by atoms with E-state index in [2.05, 4.69) is 5.32 Å². The van der Waals surface area contributed by atoms with Crippen molar-refractivity contribution in [2.45, 2.75) is 27.2 Å². The molecule has 0 aromatic heterocycles. The molecule has 1 aromatic carbocycles. The third-order valence-corrected chi connectivity index (χ3v) is 3.98. The highest BCUT2D eigenvalue weighted by atomic mass is 35.5. The Bertz CT molecular complexity index is 515. The van der Waals surface area contributed by atoms with Crippen LogP contribution in [0.2, 0.25) is 0 Å². The van der Waals surface area contributed by atoms with E-state index in [0.717, 1.165) is 17.7 Å². The number of benzene rings is 1. The fourth-order valence-electron chi connectivity index (χ4n) is 2.00. The van der Waals surface area contributed by atoms with Crippen LogP contribution in [0.5, 0.6) is 0 Å². The van der Waals surface area contributed by atoms with E-state index in [9.17, 15) is 9.59 Å². The van der Waals surface area contributed by atoms with Crippen LogP contribution in [0.3, 0.4) is 0 Å². The van der Waals surface area contributed by atoms with Gasteiger partial charge in [-0.15, -0.1) is 11.6 Å². The standard InChI is InChI=1S/C16H23ClN2O2/c1-5-12-8-6-7-9-13(12)18-14(20)10-19(4)15(21)16(2,3)11-17/h6-9H,5,10-11H2,1-4H3,(H,18,20). The summed E-state index contributed by atoms with van der Waals surface area (Å²) in [6, 6.07) is 7.65. The van der Waals surface area contributed by atoms with Gasteiger partial charge in [0.05, 0.1) is 12.0 Å². The maximum absolute atomic E-state index is 12.2. The molecule has 1 rings (SSSR count). The number of nitrogens with one attached hydrogen (secondary N) is 1. The van der Waals surface area contributed by atoms with E-state index in [1.54, 1.807) is 20.9 Å². The van der Waals surface area contributed by atoms with E-state index in [1.807, 2.05) is 31.2 Å². The second-order valence-electron chi connectivity index (χ2n) is 5.74. The zero-order valence-corrected chi connectivity index (χ0v) is 13.8. The van der Waals surface area contributed by atoms with Crippen molar-refractivity contribution in [1.82, 2.24) is 4.90 Å². The van der Waals surface area contributed by atoms with Crippen molar-refractivity contribution >= 4 is 29.1 Å². The van der Waals surface area contributed by atoms with Crippen molar-refractivity contribution in [3.63, 3.8) is 0 Å². The first-order chi connectivity index (χ1) is 9.81. The molecule has 5 heteroatoms. The SMILES string of the molecule is CCc1ccccc1NC(=O)CN(C)C(=O)C(C)(C)CCl. The van der Waals surface area contributed by atoms with Gasteiger partial charge in [-0.05, 0) is 31.9 Å². The molecule has 2 amide bonds. The highest BCUT2D eigenvalue weighted by Crippen LogP contribution is 2.20. The van der Waals surface area contributed by atoms with Crippen LogP contribution in [0, 0.1) is 5.41 Å². The summed E-state index contributed by atoms with van der Waals surface area (Å²) in [4.78, 5) is 25.7. The van der Waals surface area contributed by atoms with Gasteiger partial charge < -0.3 is 10.2 Å². The second-order valence-corrected chi connectivity index (χ2v) is 6.00. The molecule has 0 bridgehead atoms. The molecule has 0 aliphatic rings. The molecule has 0 aliphatic carbocycles. The molecule has 1 aromatic rings. The van der Waals surface area contributed by atoms with Crippen molar-refractivity contribution < 1.29 is 9.59 Å². The third-order valence-electron chi connectivity index (χ3n) is 3.31. The number of alkyl halides is 1. The molecule has 21 heavy (non-hydrogen) atoms. The molecular weight excluding hydrogens is 288 g/mol. The average molecular weight is 311 g/mol. The van der Waals surface area contributed by atoms with Crippen molar-refractivity contribution in [3.8, 4) is 0 Å². The van der Waals surface area contributed by atoms with E-state index in [1.165, 1.54) is 4.90 Å². The van der Waals surface area contributed by atoms with Gasteiger partial charge in [0.2, 0.25) is 11.8 Å². The first-order valence-electron chi connectivity index (χ1n) is 7.01. The summed E-state index contributed by atoms with van der Waals surface area (Å²) in [5.41, 5.74) is 1.20. The molecule has 0 spiro atoms. The molecule has 0 atom stereocenters. The minimum atomic E-state index is -0.669. The third kappa shape index (κ3) is 4.74. The number of carbonyl (C=O) groups is 2. The van der Waals surface area contributed by atoms with E-state index in [4.69, 9.17) is 11.6 Å². The average Bonchev–Trinajstić information content (AvgIpc) is 2.46. The molecule has 4 nitrogen and oxygen atoms in total. The smallest absolute Gasteiger partial charge is 0.243 e. The van der Waals surface area contributed by atoms with E-state index in [-0.39, 0.29) is 24.2 Å². The summed E-state index contributed by atoms with van der Waals surface area (Å²) in [7, 11) is 1.61. The van der Waals surface area contributed by atoms with Gasteiger partial charge in [0.15, 0.2) is 0 Å². The van der Waals surface area contributed by atoms with Gasteiger partial charge in [0, 0.05) is 18.6 Å². The number of hydrogen-bond acceptors (Lipinski definition) is 2. The van der Waals surface area contributed by atoms with Gasteiger partial charge in [0.1, 0.15) is 0 Å². The van der Waals surface area contributed by atoms with E-state index >= 15 is 0 Å². The molecule has 0 aliphatic heterocycles. The summed E-state index contributed by atoms with van der Waals surface area (Å²) in [6.45, 7) is 5.58. The van der Waals surface area contributed by atoms with Gasteiger partial charge >= 0.3 is 0 Å². The Balaban J connectivity index is 2.67. The number of carbonyl (C=O) groups excluding carboxylic acids is 2. The Labute approximate surface area is 131 Å². The molecule has 0 fully saturated rings. The van der Waals surface area contributed by atoms with E-state index in [0.29, 0.717) is 0 Å². The monoisotopic (exact) mass is 310 g/mol. The highest BCUT2D eigenvalue weighted by Gasteiger charge is 2.30. The summed E-state index contributed by atoms with van der Waals surface area (Å²) in [5.74, 6) is -0.134. The Morgan fingerprint density at radius 2 is 1.90 bits per heavy atom. The molecule has 0 saturated carbocycles. The number of nitrogens with zero attached hydrogens (tertiary/aromatic N) is 1. The second kappa shape index (κ2) is 7.46. The number of aryl methyl sites for hydroxylation is 1. The van der Waals surface area contributed by atoms with Crippen molar-refractivity contribution in [2.24, 2.45) is 5.41 Å². The Morgan fingerprint density at radius 3 is 2.48 bits per heavy atom. The molecule has 116 valence electrons.